The van der Waals surface area contributed by atoms with Crippen LogP contribution < -0.4 is 11.1 Å². The summed E-state index contributed by atoms with van der Waals surface area (Å²) in [4.78, 5) is 30.5. The lowest BCUT2D eigenvalue weighted by Gasteiger charge is -2.08. The normalized spacial score (nSPS) is 11.0. The van der Waals surface area contributed by atoms with Crippen LogP contribution in [0.5, 0.6) is 0 Å². The van der Waals surface area contributed by atoms with E-state index >= 15 is 0 Å². The summed E-state index contributed by atoms with van der Waals surface area (Å²) < 4.78 is 2.09. The Hall–Kier alpha value is -2.96. The standard InChI is InChI=1S/C18H21N5O2/c19-18-16-17(13-6-1-2-7-14(13)22-18)23(12-21-16)10-4-3-9-20-15(25)8-5-11-24/h1-2,6-7,11-12H,3-5,8-10H2,(H2,19,22)(H,20,25). The molecule has 0 fully saturated rings. The maximum atomic E-state index is 11.4. The van der Waals surface area contributed by atoms with Crippen molar-refractivity contribution in [3.8, 4) is 0 Å². The molecular formula is C18H21N5O2. The molecule has 2 aromatic heterocycles. The number of amides is 1. The highest BCUT2D eigenvalue weighted by Gasteiger charge is 2.11. The predicted octanol–water partition coefficient (Wildman–Crippen LogP) is 2.04. The molecule has 2 heterocycles. The highest BCUT2D eigenvalue weighted by Crippen LogP contribution is 2.27. The molecule has 0 saturated heterocycles. The molecule has 3 aromatic rings. The number of benzene rings is 1. The summed E-state index contributed by atoms with van der Waals surface area (Å²) >= 11 is 0. The number of fused-ring (bicyclic) bond motifs is 3. The Labute approximate surface area is 145 Å². The number of hydrogen-bond donors (Lipinski definition) is 2. The number of aromatic nitrogens is 3. The largest absolute Gasteiger partial charge is 0.382 e. The van der Waals surface area contributed by atoms with Crippen molar-refractivity contribution in [1.82, 2.24) is 19.9 Å². The van der Waals surface area contributed by atoms with Crippen molar-refractivity contribution in [2.75, 3.05) is 12.3 Å². The fourth-order valence-corrected chi connectivity index (χ4v) is 2.89. The van der Waals surface area contributed by atoms with Gasteiger partial charge in [0.05, 0.1) is 17.4 Å². The number of imidazole rings is 1. The summed E-state index contributed by atoms with van der Waals surface area (Å²) in [5.74, 6) is 0.361. The first-order chi connectivity index (χ1) is 12.2. The van der Waals surface area contributed by atoms with Crippen LogP contribution in [-0.4, -0.2) is 33.3 Å². The van der Waals surface area contributed by atoms with Crippen LogP contribution in [0.15, 0.2) is 30.6 Å². The van der Waals surface area contributed by atoms with E-state index in [2.05, 4.69) is 19.9 Å². The summed E-state index contributed by atoms with van der Waals surface area (Å²) in [5.41, 5.74) is 8.61. The Kier molecular flexibility index (Phi) is 5.23. The van der Waals surface area contributed by atoms with E-state index in [0.29, 0.717) is 12.4 Å². The fourth-order valence-electron chi connectivity index (χ4n) is 2.89. The number of para-hydroxylation sites is 1. The molecule has 0 radical (unpaired) electrons. The van der Waals surface area contributed by atoms with Crippen molar-refractivity contribution in [1.29, 1.82) is 0 Å². The molecule has 0 aliphatic carbocycles. The first-order valence-electron chi connectivity index (χ1n) is 8.40. The van der Waals surface area contributed by atoms with Crippen LogP contribution in [0.2, 0.25) is 0 Å². The van der Waals surface area contributed by atoms with E-state index in [1.54, 1.807) is 6.33 Å². The number of nitrogens with one attached hydrogen (secondary N) is 1. The summed E-state index contributed by atoms with van der Waals surface area (Å²) in [6.07, 6.45) is 4.83. The zero-order chi connectivity index (χ0) is 17.6. The minimum Gasteiger partial charge on any atom is -0.382 e. The summed E-state index contributed by atoms with van der Waals surface area (Å²) in [6, 6.07) is 7.88. The van der Waals surface area contributed by atoms with Gasteiger partial charge in [-0.15, -0.1) is 0 Å². The zero-order valence-electron chi connectivity index (χ0n) is 13.9. The van der Waals surface area contributed by atoms with Gasteiger partial charge in [-0.1, -0.05) is 18.2 Å². The number of unbranched alkanes of at least 4 members (excludes halogenated alkanes) is 1. The predicted molar refractivity (Wildman–Crippen MR) is 97.0 cm³/mol. The van der Waals surface area contributed by atoms with Gasteiger partial charge in [0.2, 0.25) is 5.91 Å². The van der Waals surface area contributed by atoms with Gasteiger partial charge in [-0.3, -0.25) is 4.79 Å². The molecule has 130 valence electrons. The molecular weight excluding hydrogens is 318 g/mol. The van der Waals surface area contributed by atoms with Crippen LogP contribution in [0.25, 0.3) is 21.9 Å². The van der Waals surface area contributed by atoms with Crippen LogP contribution in [0, 0.1) is 0 Å². The van der Waals surface area contributed by atoms with Gasteiger partial charge in [0.25, 0.3) is 0 Å². The topological polar surface area (TPSA) is 103 Å². The third-order valence-corrected chi connectivity index (χ3v) is 4.12. The zero-order valence-corrected chi connectivity index (χ0v) is 13.9. The van der Waals surface area contributed by atoms with Crippen LogP contribution in [0.4, 0.5) is 5.82 Å². The SMILES string of the molecule is Nc1nc2ccccc2c2c1ncn2CCCCNC(=O)CCC=O. The number of nitrogens with two attached hydrogens (primary N) is 1. The van der Waals surface area contributed by atoms with Crippen molar-refractivity contribution in [2.45, 2.75) is 32.2 Å². The maximum Gasteiger partial charge on any atom is 0.220 e. The van der Waals surface area contributed by atoms with E-state index in [0.717, 1.165) is 47.6 Å². The second kappa shape index (κ2) is 7.74. The fraction of sp³-hybridized carbons (Fsp3) is 0.333. The number of hydrogen-bond acceptors (Lipinski definition) is 5. The lowest BCUT2D eigenvalue weighted by molar-refractivity contribution is -0.122. The van der Waals surface area contributed by atoms with E-state index < -0.39 is 0 Å². The molecule has 1 aromatic carbocycles. The Balaban J connectivity index is 1.65. The monoisotopic (exact) mass is 339 g/mol. The number of nitrogens with zero attached hydrogens (tertiary/aromatic N) is 3. The number of aldehydes is 1. The number of carbonyl (C=O) groups excluding carboxylic acids is 2. The van der Waals surface area contributed by atoms with Gasteiger partial charge in [0.1, 0.15) is 11.8 Å². The van der Waals surface area contributed by atoms with Crippen LogP contribution in [0.3, 0.4) is 0 Å². The third kappa shape index (κ3) is 3.76. The molecule has 0 bridgehead atoms. The third-order valence-electron chi connectivity index (χ3n) is 4.12. The smallest absolute Gasteiger partial charge is 0.220 e. The maximum absolute atomic E-state index is 11.4. The van der Waals surface area contributed by atoms with Crippen LogP contribution >= 0.6 is 0 Å². The Morgan fingerprint density at radius 1 is 1.28 bits per heavy atom. The molecule has 0 spiro atoms. The first kappa shape index (κ1) is 16.9. The number of nitrogen functional groups attached to an aromatic ring is 1. The Morgan fingerprint density at radius 3 is 2.96 bits per heavy atom. The van der Waals surface area contributed by atoms with Gasteiger partial charge in [-0.05, 0) is 18.9 Å². The summed E-state index contributed by atoms with van der Waals surface area (Å²) in [7, 11) is 0. The van der Waals surface area contributed by atoms with Gasteiger partial charge in [0, 0.05) is 31.3 Å². The molecule has 3 rings (SSSR count). The van der Waals surface area contributed by atoms with E-state index in [9.17, 15) is 9.59 Å². The molecule has 7 heteroatoms. The summed E-state index contributed by atoms with van der Waals surface area (Å²) in [6.45, 7) is 1.39. The van der Waals surface area contributed by atoms with Crippen molar-refractivity contribution in [2.24, 2.45) is 0 Å². The van der Waals surface area contributed by atoms with Gasteiger partial charge in [-0.2, -0.15) is 0 Å². The van der Waals surface area contributed by atoms with E-state index in [4.69, 9.17) is 5.73 Å². The second-order valence-corrected chi connectivity index (χ2v) is 5.91. The average molecular weight is 339 g/mol. The molecule has 25 heavy (non-hydrogen) atoms. The van der Waals surface area contributed by atoms with E-state index in [1.165, 1.54) is 0 Å². The molecule has 3 N–H and O–H groups in total. The van der Waals surface area contributed by atoms with Crippen molar-refractivity contribution in [3.63, 3.8) is 0 Å². The molecule has 0 atom stereocenters. The lowest BCUT2D eigenvalue weighted by atomic mass is 10.2. The molecule has 0 aliphatic rings. The molecule has 0 unspecified atom stereocenters. The number of rotatable bonds is 8. The minimum atomic E-state index is -0.0787. The Morgan fingerprint density at radius 2 is 2.12 bits per heavy atom. The lowest BCUT2D eigenvalue weighted by Crippen LogP contribution is -2.24. The number of anilines is 1. The highest BCUT2D eigenvalue weighted by molar-refractivity contribution is 6.06. The van der Waals surface area contributed by atoms with Crippen molar-refractivity contribution < 1.29 is 9.59 Å². The number of aryl methyl sites for hydroxylation is 1. The van der Waals surface area contributed by atoms with Gasteiger partial charge >= 0.3 is 0 Å². The minimum absolute atomic E-state index is 0.0787. The van der Waals surface area contributed by atoms with E-state index in [1.807, 2.05) is 24.3 Å². The van der Waals surface area contributed by atoms with Gasteiger partial charge in [0.15, 0.2) is 5.82 Å². The Bertz CT molecular complexity index is 903. The van der Waals surface area contributed by atoms with E-state index in [-0.39, 0.29) is 18.7 Å². The first-order valence-corrected chi connectivity index (χ1v) is 8.40. The van der Waals surface area contributed by atoms with Gasteiger partial charge < -0.3 is 20.4 Å². The van der Waals surface area contributed by atoms with Crippen molar-refractivity contribution in [3.05, 3.63) is 30.6 Å². The quantitative estimate of drug-likeness (QED) is 0.483. The summed E-state index contributed by atoms with van der Waals surface area (Å²) in [5, 5.41) is 3.85. The molecule has 0 saturated carbocycles. The highest BCUT2D eigenvalue weighted by atomic mass is 16.1. The number of pyridine rings is 1. The van der Waals surface area contributed by atoms with Crippen LogP contribution in [-0.2, 0) is 16.1 Å². The van der Waals surface area contributed by atoms with Crippen LogP contribution in [0.1, 0.15) is 25.7 Å². The molecule has 7 nitrogen and oxygen atoms in total. The van der Waals surface area contributed by atoms with Gasteiger partial charge in [-0.25, -0.2) is 9.97 Å². The molecule has 0 aliphatic heterocycles. The number of carbonyl (C=O) groups is 2. The average Bonchev–Trinajstić information content (AvgIpc) is 3.05. The van der Waals surface area contributed by atoms with Crippen molar-refractivity contribution >= 4 is 39.9 Å². The molecule has 1 amide bonds. The second-order valence-electron chi connectivity index (χ2n) is 5.91.